The zero-order chi connectivity index (χ0) is 25.8. The first-order chi connectivity index (χ1) is 17.8. The fourth-order valence-corrected chi connectivity index (χ4v) is 6.29. The van der Waals surface area contributed by atoms with E-state index in [-0.39, 0.29) is 18.9 Å². The van der Waals surface area contributed by atoms with Crippen LogP contribution in [0.5, 0.6) is 11.5 Å². The number of ether oxygens (including phenoxy) is 2. The van der Waals surface area contributed by atoms with Crippen LogP contribution in [-0.4, -0.2) is 21.5 Å². The molecule has 1 N–H and O–H groups in total. The van der Waals surface area contributed by atoms with Gasteiger partial charge >= 0.3 is 0 Å². The van der Waals surface area contributed by atoms with Crippen LogP contribution >= 0.6 is 12.2 Å². The number of benzene rings is 2. The third-order valence-corrected chi connectivity index (χ3v) is 7.69. The maximum Gasteiger partial charge on any atom is 0.231 e. The number of thiocarbonyl (C=S) groups is 1. The second kappa shape index (κ2) is 8.92. The Bertz CT molecular complexity index is 1510. The van der Waals surface area contributed by atoms with Gasteiger partial charge in [0.2, 0.25) is 6.79 Å². The Morgan fingerprint density at radius 3 is 2.41 bits per heavy atom. The molecule has 0 amide bonds. The Morgan fingerprint density at radius 2 is 1.68 bits per heavy atom. The van der Waals surface area contributed by atoms with Crippen LogP contribution < -0.4 is 19.7 Å². The number of aromatic nitrogens is 2. The number of anilines is 1. The molecule has 6 rings (SSSR count). The largest absolute Gasteiger partial charge is 0.454 e. The number of fused-ring (bicyclic) bond motifs is 1. The van der Waals surface area contributed by atoms with Crippen LogP contribution in [0, 0.1) is 34.6 Å². The van der Waals surface area contributed by atoms with Crippen LogP contribution in [0.4, 0.5) is 5.69 Å². The van der Waals surface area contributed by atoms with Gasteiger partial charge in [-0.15, -0.1) is 0 Å². The highest BCUT2D eigenvalue weighted by Gasteiger charge is 2.42. The van der Waals surface area contributed by atoms with Crippen LogP contribution in [0.15, 0.2) is 60.8 Å². The molecule has 0 spiro atoms. The summed E-state index contributed by atoms with van der Waals surface area (Å²) in [5, 5.41) is 4.23. The number of nitrogens with zero attached hydrogens (tertiary/aromatic N) is 3. The highest BCUT2D eigenvalue weighted by Crippen LogP contribution is 2.46. The fourth-order valence-electron chi connectivity index (χ4n) is 5.94. The zero-order valence-corrected chi connectivity index (χ0v) is 22.5. The minimum Gasteiger partial charge on any atom is -0.454 e. The summed E-state index contributed by atoms with van der Waals surface area (Å²) in [4.78, 5) is 6.90. The summed E-state index contributed by atoms with van der Waals surface area (Å²) in [6, 6.07) is 18.6. The molecule has 6 nitrogen and oxygen atoms in total. The van der Waals surface area contributed by atoms with E-state index in [1.807, 2.05) is 36.5 Å². The standard InChI is InChI=1S/C30H30N4O2S/c1-17-12-18(2)28(19(3)13-17)33-20(4)14-23(21(33)5)29-27(24-8-6-7-11-31-24)32-30(37)34(29)22-9-10-25-26(15-22)36-16-35-25/h6-15,27,29H,16H2,1-5H3,(H,32,37)/t27-,29+/m1/s1. The molecule has 188 valence electrons. The predicted octanol–water partition coefficient (Wildman–Crippen LogP) is 6.32. The highest BCUT2D eigenvalue weighted by molar-refractivity contribution is 7.80. The average Bonchev–Trinajstić information content (AvgIpc) is 3.55. The summed E-state index contributed by atoms with van der Waals surface area (Å²) in [6.07, 6.45) is 1.84. The fraction of sp³-hybridized carbons (Fsp3) is 0.267. The molecule has 2 aliphatic rings. The molecule has 0 radical (unpaired) electrons. The van der Waals surface area contributed by atoms with Crippen molar-refractivity contribution >= 4 is 23.0 Å². The Balaban J connectivity index is 1.53. The maximum atomic E-state index is 5.95. The summed E-state index contributed by atoms with van der Waals surface area (Å²) < 4.78 is 13.6. The lowest BCUT2D eigenvalue weighted by atomic mass is 9.96. The highest BCUT2D eigenvalue weighted by atomic mass is 32.1. The molecule has 7 heteroatoms. The van der Waals surface area contributed by atoms with E-state index < -0.39 is 0 Å². The Kier molecular flexibility index (Phi) is 5.68. The third-order valence-electron chi connectivity index (χ3n) is 7.38. The second-order valence-corrected chi connectivity index (χ2v) is 10.3. The van der Waals surface area contributed by atoms with E-state index in [0.29, 0.717) is 5.11 Å². The molecule has 2 aliphatic heterocycles. The summed E-state index contributed by atoms with van der Waals surface area (Å²) >= 11 is 5.95. The van der Waals surface area contributed by atoms with Crippen LogP contribution in [0.3, 0.4) is 0 Å². The molecule has 1 saturated heterocycles. The van der Waals surface area contributed by atoms with E-state index in [2.05, 4.69) is 73.7 Å². The van der Waals surface area contributed by atoms with Crippen molar-refractivity contribution in [2.75, 3.05) is 11.7 Å². The Labute approximate surface area is 222 Å². The van der Waals surface area contributed by atoms with Crippen LogP contribution in [0.1, 0.15) is 51.4 Å². The minimum absolute atomic E-state index is 0.103. The molecule has 1 fully saturated rings. The van der Waals surface area contributed by atoms with Crippen molar-refractivity contribution in [3.8, 4) is 17.2 Å². The van der Waals surface area contributed by atoms with Gasteiger partial charge in [-0.25, -0.2) is 0 Å². The van der Waals surface area contributed by atoms with Gasteiger partial charge in [-0.3, -0.25) is 4.98 Å². The van der Waals surface area contributed by atoms with Crippen molar-refractivity contribution in [2.45, 2.75) is 46.7 Å². The first-order valence-electron chi connectivity index (χ1n) is 12.5. The molecular weight excluding hydrogens is 480 g/mol. The molecule has 4 heterocycles. The van der Waals surface area contributed by atoms with E-state index in [4.69, 9.17) is 26.7 Å². The average molecular weight is 511 g/mol. The maximum absolute atomic E-state index is 5.95. The lowest BCUT2D eigenvalue weighted by molar-refractivity contribution is 0.174. The lowest BCUT2D eigenvalue weighted by Crippen LogP contribution is -2.29. The van der Waals surface area contributed by atoms with E-state index in [1.54, 1.807) is 0 Å². The van der Waals surface area contributed by atoms with Gasteiger partial charge in [0.15, 0.2) is 16.6 Å². The topological polar surface area (TPSA) is 51.6 Å². The summed E-state index contributed by atoms with van der Waals surface area (Å²) in [6.45, 7) is 11.1. The molecule has 0 aliphatic carbocycles. The molecule has 37 heavy (non-hydrogen) atoms. The van der Waals surface area contributed by atoms with Crippen LogP contribution in [0.25, 0.3) is 5.69 Å². The SMILES string of the molecule is Cc1cc(C)c(-n2c(C)cc([C@H]3[C@@H](c4ccccn4)NC(=S)N3c3ccc4c(c3)OCO4)c2C)c(C)c1. The van der Waals surface area contributed by atoms with Gasteiger partial charge in [0.1, 0.15) is 0 Å². The quantitative estimate of drug-likeness (QED) is 0.324. The van der Waals surface area contributed by atoms with Crippen LogP contribution in [-0.2, 0) is 0 Å². The number of pyridine rings is 1. The first-order valence-corrected chi connectivity index (χ1v) is 12.9. The molecule has 0 bridgehead atoms. The molecule has 4 aromatic rings. The van der Waals surface area contributed by atoms with Crippen molar-refractivity contribution in [1.29, 1.82) is 0 Å². The van der Waals surface area contributed by atoms with Gasteiger partial charge in [0.25, 0.3) is 0 Å². The summed E-state index contributed by atoms with van der Waals surface area (Å²) in [5.41, 5.74) is 10.5. The van der Waals surface area contributed by atoms with Gasteiger partial charge in [-0.05, 0) is 93.9 Å². The van der Waals surface area contributed by atoms with Crippen molar-refractivity contribution in [2.24, 2.45) is 0 Å². The number of aryl methyl sites for hydroxylation is 4. The molecule has 0 unspecified atom stereocenters. The van der Waals surface area contributed by atoms with Gasteiger partial charge in [0.05, 0.1) is 23.5 Å². The molecule has 0 saturated carbocycles. The van der Waals surface area contributed by atoms with Crippen molar-refractivity contribution in [3.63, 3.8) is 0 Å². The van der Waals surface area contributed by atoms with Gasteiger partial charge in [-0.1, -0.05) is 23.8 Å². The summed E-state index contributed by atoms with van der Waals surface area (Å²) in [5.74, 6) is 1.49. The second-order valence-electron chi connectivity index (χ2n) is 9.94. The van der Waals surface area contributed by atoms with Gasteiger partial charge < -0.3 is 24.3 Å². The zero-order valence-electron chi connectivity index (χ0n) is 21.7. The number of nitrogens with one attached hydrogen (secondary N) is 1. The molecular formula is C30H30N4O2S. The van der Waals surface area contributed by atoms with E-state index in [1.165, 1.54) is 39.3 Å². The Morgan fingerprint density at radius 1 is 0.919 bits per heavy atom. The molecule has 2 aromatic heterocycles. The number of hydrogen-bond donors (Lipinski definition) is 1. The molecule has 2 atom stereocenters. The Hall–Kier alpha value is -3.84. The van der Waals surface area contributed by atoms with Crippen molar-refractivity contribution in [1.82, 2.24) is 14.9 Å². The molecule has 2 aromatic carbocycles. The predicted molar refractivity (Wildman–Crippen MR) is 150 cm³/mol. The van der Waals surface area contributed by atoms with E-state index >= 15 is 0 Å². The lowest BCUT2D eigenvalue weighted by Gasteiger charge is -2.28. The van der Waals surface area contributed by atoms with Gasteiger partial charge in [-0.2, -0.15) is 0 Å². The monoisotopic (exact) mass is 510 g/mol. The van der Waals surface area contributed by atoms with Crippen LogP contribution in [0.2, 0.25) is 0 Å². The number of hydrogen-bond acceptors (Lipinski definition) is 4. The van der Waals surface area contributed by atoms with E-state index in [9.17, 15) is 0 Å². The number of rotatable bonds is 4. The van der Waals surface area contributed by atoms with Gasteiger partial charge in [0, 0.05) is 29.3 Å². The third kappa shape index (κ3) is 3.85. The van der Waals surface area contributed by atoms with E-state index in [0.717, 1.165) is 22.9 Å². The normalized spacial score (nSPS) is 18.4. The first kappa shape index (κ1) is 23.6. The van der Waals surface area contributed by atoms with Crippen molar-refractivity contribution < 1.29 is 9.47 Å². The minimum atomic E-state index is -0.117. The summed E-state index contributed by atoms with van der Waals surface area (Å²) in [7, 11) is 0. The smallest absolute Gasteiger partial charge is 0.231 e. The van der Waals surface area contributed by atoms with Crippen molar-refractivity contribution in [3.05, 3.63) is 100 Å².